The lowest BCUT2D eigenvalue weighted by molar-refractivity contribution is 0.0650. The van der Waals surface area contributed by atoms with Crippen molar-refractivity contribution in [1.29, 1.82) is 0 Å². The van der Waals surface area contributed by atoms with Crippen LogP contribution in [0.15, 0.2) is 36.4 Å². The number of aromatic carboxylic acids is 4. The van der Waals surface area contributed by atoms with Crippen molar-refractivity contribution in [3.05, 3.63) is 69.8 Å². The number of aryl methyl sites for hydroxylation is 2. The number of carboxylic acids is 4. The number of unbranched alkanes of at least 4 members (excludes halogenated alkanes) is 5. The molecule has 8 heteroatoms. The molecule has 32 heavy (non-hydrogen) atoms. The summed E-state index contributed by atoms with van der Waals surface area (Å²) in [7, 11) is 0. The van der Waals surface area contributed by atoms with Crippen LogP contribution in [0.2, 0.25) is 0 Å². The summed E-state index contributed by atoms with van der Waals surface area (Å²) in [6.07, 6.45) is 5.93. The molecule has 0 aliphatic heterocycles. The normalized spacial score (nSPS) is 10.6. The molecular weight excluding hydrogens is 416 g/mol. The van der Waals surface area contributed by atoms with E-state index in [-0.39, 0.29) is 22.3 Å². The van der Waals surface area contributed by atoms with Gasteiger partial charge >= 0.3 is 23.9 Å². The van der Waals surface area contributed by atoms with Gasteiger partial charge in [0.15, 0.2) is 0 Å². The Labute approximate surface area is 185 Å². The van der Waals surface area contributed by atoms with Gasteiger partial charge in [0.1, 0.15) is 0 Å². The van der Waals surface area contributed by atoms with Crippen LogP contribution in [0.25, 0.3) is 0 Å². The van der Waals surface area contributed by atoms with E-state index in [1.807, 2.05) is 0 Å². The second-order valence-corrected chi connectivity index (χ2v) is 7.52. The van der Waals surface area contributed by atoms with Crippen LogP contribution < -0.4 is 0 Å². The highest BCUT2D eigenvalue weighted by Crippen LogP contribution is 2.20. The highest BCUT2D eigenvalue weighted by molar-refractivity contribution is 6.03. The Kier molecular flexibility index (Phi) is 8.95. The number of hydrogen-bond donors (Lipinski definition) is 4. The van der Waals surface area contributed by atoms with Gasteiger partial charge in [-0.3, -0.25) is 0 Å². The summed E-state index contributed by atoms with van der Waals surface area (Å²) in [4.78, 5) is 45.4. The minimum atomic E-state index is -1.26. The van der Waals surface area contributed by atoms with Gasteiger partial charge in [-0.05, 0) is 48.9 Å². The second kappa shape index (κ2) is 11.6. The van der Waals surface area contributed by atoms with E-state index in [1.165, 1.54) is 12.1 Å². The van der Waals surface area contributed by atoms with Crippen molar-refractivity contribution in [3.63, 3.8) is 0 Å². The smallest absolute Gasteiger partial charge is 0.336 e. The molecule has 170 valence electrons. The van der Waals surface area contributed by atoms with Crippen LogP contribution in [0.4, 0.5) is 0 Å². The molecule has 0 aromatic heterocycles. The van der Waals surface area contributed by atoms with Crippen LogP contribution in [-0.2, 0) is 12.8 Å². The van der Waals surface area contributed by atoms with Crippen LogP contribution in [0.5, 0.6) is 0 Å². The van der Waals surface area contributed by atoms with E-state index in [1.54, 1.807) is 24.3 Å². The molecular formula is C24H26O8. The molecule has 0 amide bonds. The molecule has 0 spiro atoms. The van der Waals surface area contributed by atoms with Crippen molar-refractivity contribution in [2.45, 2.75) is 51.4 Å². The fourth-order valence-electron chi connectivity index (χ4n) is 3.82. The minimum absolute atomic E-state index is 0.155. The van der Waals surface area contributed by atoms with Gasteiger partial charge in [0.25, 0.3) is 0 Å². The predicted molar refractivity (Wildman–Crippen MR) is 116 cm³/mol. The SMILES string of the molecule is O=C(O)c1cccc(CCCCCCCCc2cccc(C(=O)O)c2C(=O)O)c1C(=O)O. The molecule has 0 atom stereocenters. The molecule has 0 heterocycles. The Morgan fingerprint density at radius 2 is 0.844 bits per heavy atom. The monoisotopic (exact) mass is 442 g/mol. The van der Waals surface area contributed by atoms with Gasteiger partial charge in [-0.1, -0.05) is 49.9 Å². The lowest BCUT2D eigenvalue weighted by Gasteiger charge is -2.10. The van der Waals surface area contributed by atoms with Crippen molar-refractivity contribution in [2.75, 3.05) is 0 Å². The molecule has 0 saturated heterocycles. The average molecular weight is 442 g/mol. The van der Waals surface area contributed by atoms with E-state index >= 15 is 0 Å². The fourth-order valence-corrected chi connectivity index (χ4v) is 3.82. The van der Waals surface area contributed by atoms with Crippen molar-refractivity contribution >= 4 is 23.9 Å². The number of rotatable bonds is 13. The Hall–Kier alpha value is -3.68. The van der Waals surface area contributed by atoms with Crippen LogP contribution in [0.1, 0.15) is 91.1 Å². The highest BCUT2D eigenvalue weighted by Gasteiger charge is 2.20. The molecule has 0 fully saturated rings. The van der Waals surface area contributed by atoms with E-state index in [4.69, 9.17) is 0 Å². The minimum Gasteiger partial charge on any atom is -0.478 e. The van der Waals surface area contributed by atoms with E-state index in [9.17, 15) is 39.6 Å². The molecule has 2 rings (SSSR count). The van der Waals surface area contributed by atoms with Gasteiger partial charge in [0.05, 0.1) is 22.3 Å². The standard InChI is InChI=1S/C24H26O8/c25-21(26)17-13-7-11-15(19(17)23(29)30)9-5-3-1-2-4-6-10-16-12-8-14-18(22(27)28)20(16)24(31)32/h7-8,11-14H,1-6,9-10H2,(H,25,26)(H,27,28)(H,29,30)(H,31,32). The van der Waals surface area contributed by atoms with Crippen LogP contribution in [0, 0.1) is 0 Å². The van der Waals surface area contributed by atoms with E-state index < -0.39 is 23.9 Å². The zero-order valence-corrected chi connectivity index (χ0v) is 17.5. The molecule has 0 aliphatic rings. The van der Waals surface area contributed by atoms with Gasteiger partial charge in [-0.15, -0.1) is 0 Å². The van der Waals surface area contributed by atoms with Crippen molar-refractivity contribution in [1.82, 2.24) is 0 Å². The Morgan fingerprint density at radius 1 is 0.500 bits per heavy atom. The Balaban J connectivity index is 1.79. The zero-order chi connectivity index (χ0) is 23.7. The van der Waals surface area contributed by atoms with Gasteiger partial charge in [-0.2, -0.15) is 0 Å². The summed E-state index contributed by atoms with van der Waals surface area (Å²) < 4.78 is 0. The van der Waals surface area contributed by atoms with Crippen LogP contribution in [-0.4, -0.2) is 44.3 Å². The molecule has 0 aliphatic carbocycles. The van der Waals surface area contributed by atoms with Gasteiger partial charge < -0.3 is 20.4 Å². The lowest BCUT2D eigenvalue weighted by atomic mass is 9.95. The van der Waals surface area contributed by atoms with Gasteiger partial charge in [-0.25, -0.2) is 19.2 Å². The zero-order valence-electron chi connectivity index (χ0n) is 17.5. The van der Waals surface area contributed by atoms with Crippen molar-refractivity contribution < 1.29 is 39.6 Å². The number of hydrogen-bond acceptors (Lipinski definition) is 4. The topological polar surface area (TPSA) is 149 Å². The second-order valence-electron chi connectivity index (χ2n) is 7.52. The van der Waals surface area contributed by atoms with Crippen LogP contribution in [0.3, 0.4) is 0 Å². The third-order valence-electron chi connectivity index (χ3n) is 5.33. The summed E-state index contributed by atoms with van der Waals surface area (Å²) in [5.41, 5.74) is 0.301. The van der Waals surface area contributed by atoms with E-state index in [2.05, 4.69) is 0 Å². The first-order chi connectivity index (χ1) is 15.2. The Bertz CT molecular complexity index is 928. The quantitative estimate of drug-likeness (QED) is 0.329. The molecule has 2 aromatic rings. The van der Waals surface area contributed by atoms with Gasteiger partial charge in [0, 0.05) is 0 Å². The predicted octanol–water partition coefficient (Wildman–Crippen LogP) is 4.61. The maximum atomic E-state index is 11.5. The summed E-state index contributed by atoms with van der Waals surface area (Å²) >= 11 is 0. The first-order valence-electron chi connectivity index (χ1n) is 10.4. The summed E-state index contributed by atoms with van der Waals surface area (Å²) in [6, 6.07) is 8.96. The molecule has 0 saturated carbocycles. The largest absolute Gasteiger partial charge is 0.478 e. The van der Waals surface area contributed by atoms with E-state index in [0.29, 0.717) is 24.0 Å². The van der Waals surface area contributed by atoms with Crippen molar-refractivity contribution in [3.8, 4) is 0 Å². The third-order valence-corrected chi connectivity index (χ3v) is 5.33. The number of benzene rings is 2. The summed E-state index contributed by atoms with van der Waals surface area (Å²) in [5, 5.41) is 37.1. The third kappa shape index (κ3) is 6.41. The van der Waals surface area contributed by atoms with Gasteiger partial charge in [0.2, 0.25) is 0 Å². The maximum absolute atomic E-state index is 11.5. The molecule has 0 bridgehead atoms. The van der Waals surface area contributed by atoms with E-state index in [0.717, 1.165) is 38.5 Å². The average Bonchev–Trinajstić information content (AvgIpc) is 2.74. The number of carbonyl (C=O) groups is 4. The van der Waals surface area contributed by atoms with Crippen LogP contribution >= 0.6 is 0 Å². The van der Waals surface area contributed by atoms with Crippen molar-refractivity contribution in [2.24, 2.45) is 0 Å². The molecule has 0 unspecified atom stereocenters. The fraction of sp³-hybridized carbons (Fsp3) is 0.333. The summed E-state index contributed by atoms with van der Waals surface area (Å²) in [6.45, 7) is 0. The first-order valence-corrected chi connectivity index (χ1v) is 10.4. The number of carboxylic acid groups (broad SMARTS) is 4. The first kappa shape index (κ1) is 24.6. The molecule has 4 N–H and O–H groups in total. The molecule has 2 aromatic carbocycles. The highest BCUT2D eigenvalue weighted by atomic mass is 16.4. The Morgan fingerprint density at radius 3 is 1.16 bits per heavy atom. The molecule has 0 radical (unpaired) electrons. The summed E-state index contributed by atoms with van der Waals surface area (Å²) in [5.74, 6) is -5.01. The molecule has 8 nitrogen and oxygen atoms in total. The lowest BCUT2D eigenvalue weighted by Crippen LogP contribution is -2.11. The maximum Gasteiger partial charge on any atom is 0.336 e.